The SMILES string of the molecule is COc1ccc2ncnc(N)c2c1OC1CCC(N(C)C)C1. The van der Waals surface area contributed by atoms with Gasteiger partial charge in [0.1, 0.15) is 18.2 Å². The zero-order chi connectivity index (χ0) is 15.7. The maximum atomic E-state index is 6.26. The number of hydrogen-bond donors (Lipinski definition) is 1. The number of rotatable bonds is 4. The van der Waals surface area contributed by atoms with Crippen molar-refractivity contribution in [1.82, 2.24) is 14.9 Å². The Balaban J connectivity index is 1.95. The van der Waals surface area contributed by atoms with Gasteiger partial charge in [-0.2, -0.15) is 0 Å². The quantitative estimate of drug-likeness (QED) is 0.932. The molecule has 1 aromatic heterocycles. The molecule has 0 aliphatic heterocycles. The summed E-state index contributed by atoms with van der Waals surface area (Å²) in [6.07, 6.45) is 4.78. The normalized spacial score (nSPS) is 21.5. The molecule has 1 heterocycles. The summed E-state index contributed by atoms with van der Waals surface area (Å²) in [5, 5.41) is 0.732. The Morgan fingerprint density at radius 3 is 2.73 bits per heavy atom. The molecular formula is C16H22N4O2. The third-order valence-electron chi connectivity index (χ3n) is 4.34. The van der Waals surface area contributed by atoms with Gasteiger partial charge in [-0.05, 0) is 45.5 Å². The number of nitrogen functional groups attached to an aromatic ring is 1. The van der Waals surface area contributed by atoms with Gasteiger partial charge in [0.2, 0.25) is 0 Å². The van der Waals surface area contributed by atoms with Crippen molar-refractivity contribution in [2.75, 3.05) is 26.9 Å². The lowest BCUT2D eigenvalue weighted by molar-refractivity contribution is 0.189. The zero-order valence-corrected chi connectivity index (χ0v) is 13.2. The molecule has 0 amide bonds. The highest BCUT2D eigenvalue weighted by molar-refractivity contribution is 5.95. The van der Waals surface area contributed by atoms with Gasteiger partial charge in [-0.15, -0.1) is 0 Å². The molecule has 6 heteroatoms. The van der Waals surface area contributed by atoms with Crippen molar-refractivity contribution >= 4 is 16.7 Å². The van der Waals surface area contributed by atoms with Crippen molar-refractivity contribution in [2.45, 2.75) is 31.4 Å². The number of benzene rings is 1. The lowest BCUT2D eigenvalue weighted by Crippen LogP contribution is -2.26. The Labute approximate surface area is 130 Å². The second-order valence-corrected chi connectivity index (χ2v) is 5.92. The minimum atomic E-state index is 0.159. The maximum Gasteiger partial charge on any atom is 0.174 e. The van der Waals surface area contributed by atoms with Crippen LogP contribution in [0.5, 0.6) is 11.5 Å². The van der Waals surface area contributed by atoms with Crippen LogP contribution >= 0.6 is 0 Å². The van der Waals surface area contributed by atoms with Crippen LogP contribution < -0.4 is 15.2 Å². The Morgan fingerprint density at radius 2 is 2.05 bits per heavy atom. The molecule has 2 atom stereocenters. The molecule has 22 heavy (non-hydrogen) atoms. The average molecular weight is 302 g/mol. The first-order valence-corrected chi connectivity index (χ1v) is 7.50. The third kappa shape index (κ3) is 2.66. The summed E-state index contributed by atoms with van der Waals surface area (Å²) in [4.78, 5) is 10.6. The third-order valence-corrected chi connectivity index (χ3v) is 4.34. The minimum absolute atomic E-state index is 0.159. The fourth-order valence-corrected chi connectivity index (χ4v) is 3.06. The van der Waals surface area contributed by atoms with E-state index in [4.69, 9.17) is 15.2 Å². The summed E-state index contributed by atoms with van der Waals surface area (Å²) in [6.45, 7) is 0. The van der Waals surface area contributed by atoms with Gasteiger partial charge < -0.3 is 20.1 Å². The number of nitrogens with two attached hydrogens (primary N) is 1. The van der Waals surface area contributed by atoms with Gasteiger partial charge in [0, 0.05) is 6.04 Å². The maximum absolute atomic E-state index is 6.26. The van der Waals surface area contributed by atoms with Crippen LogP contribution in [0.2, 0.25) is 0 Å². The molecule has 0 radical (unpaired) electrons. The number of hydrogen-bond acceptors (Lipinski definition) is 6. The van der Waals surface area contributed by atoms with Crippen molar-refractivity contribution < 1.29 is 9.47 Å². The molecular weight excluding hydrogens is 280 g/mol. The van der Waals surface area contributed by atoms with E-state index in [1.807, 2.05) is 12.1 Å². The van der Waals surface area contributed by atoms with Gasteiger partial charge >= 0.3 is 0 Å². The van der Waals surface area contributed by atoms with Gasteiger partial charge in [0.05, 0.1) is 18.0 Å². The molecule has 1 fully saturated rings. The Kier molecular flexibility index (Phi) is 4.02. The average Bonchev–Trinajstić information content (AvgIpc) is 2.96. The summed E-state index contributed by atoms with van der Waals surface area (Å²) in [5.74, 6) is 1.74. The van der Waals surface area contributed by atoms with Crippen LogP contribution in [0.25, 0.3) is 10.9 Å². The van der Waals surface area contributed by atoms with Crippen LogP contribution in [0.15, 0.2) is 18.5 Å². The van der Waals surface area contributed by atoms with E-state index < -0.39 is 0 Å². The standard InChI is InChI=1S/C16H22N4O2/c1-20(2)10-4-5-11(8-10)22-15-13(21-3)7-6-12-14(15)16(17)19-9-18-12/h6-7,9-11H,4-5,8H2,1-3H3,(H2,17,18,19). The van der Waals surface area contributed by atoms with E-state index in [0.717, 1.165) is 30.2 Å². The first-order valence-electron chi connectivity index (χ1n) is 7.50. The number of methoxy groups -OCH3 is 1. The molecule has 0 bridgehead atoms. The summed E-state index contributed by atoms with van der Waals surface area (Å²) in [6, 6.07) is 4.29. The minimum Gasteiger partial charge on any atom is -0.493 e. The highest BCUT2D eigenvalue weighted by Gasteiger charge is 2.29. The number of fused-ring (bicyclic) bond motifs is 1. The molecule has 1 saturated carbocycles. The molecule has 2 aromatic rings. The van der Waals surface area contributed by atoms with Gasteiger partial charge in [-0.1, -0.05) is 0 Å². The second kappa shape index (κ2) is 5.96. The van der Waals surface area contributed by atoms with E-state index in [-0.39, 0.29) is 6.10 Å². The van der Waals surface area contributed by atoms with Gasteiger partial charge in [-0.3, -0.25) is 0 Å². The molecule has 0 saturated heterocycles. The molecule has 6 nitrogen and oxygen atoms in total. The summed E-state index contributed by atoms with van der Waals surface area (Å²) < 4.78 is 11.7. The predicted molar refractivity (Wildman–Crippen MR) is 86.2 cm³/mol. The lowest BCUT2D eigenvalue weighted by Gasteiger charge is -2.21. The van der Waals surface area contributed by atoms with E-state index in [2.05, 4.69) is 29.0 Å². The zero-order valence-electron chi connectivity index (χ0n) is 13.2. The Bertz CT molecular complexity index is 674. The smallest absolute Gasteiger partial charge is 0.174 e. The molecule has 3 rings (SSSR count). The van der Waals surface area contributed by atoms with Gasteiger partial charge in [-0.25, -0.2) is 9.97 Å². The monoisotopic (exact) mass is 302 g/mol. The summed E-state index contributed by atoms with van der Waals surface area (Å²) in [5.41, 5.74) is 6.80. The first kappa shape index (κ1) is 14.8. The fraction of sp³-hybridized carbons (Fsp3) is 0.500. The number of ether oxygens (including phenoxy) is 2. The van der Waals surface area contributed by atoms with E-state index in [9.17, 15) is 0 Å². The number of aromatic nitrogens is 2. The van der Waals surface area contributed by atoms with Gasteiger partial charge in [0.15, 0.2) is 11.5 Å². The second-order valence-electron chi connectivity index (χ2n) is 5.92. The number of nitrogens with zero attached hydrogens (tertiary/aromatic N) is 3. The van der Waals surface area contributed by atoms with E-state index in [1.54, 1.807) is 7.11 Å². The lowest BCUT2D eigenvalue weighted by atomic mass is 10.2. The largest absolute Gasteiger partial charge is 0.493 e. The van der Waals surface area contributed by atoms with Crippen molar-refractivity contribution in [1.29, 1.82) is 0 Å². The van der Waals surface area contributed by atoms with E-state index >= 15 is 0 Å². The molecule has 118 valence electrons. The summed E-state index contributed by atoms with van der Waals surface area (Å²) >= 11 is 0. The molecule has 0 spiro atoms. The molecule has 1 aliphatic rings. The predicted octanol–water partition coefficient (Wildman–Crippen LogP) is 2.08. The van der Waals surface area contributed by atoms with Crippen molar-refractivity contribution in [3.05, 3.63) is 18.5 Å². The molecule has 1 aromatic carbocycles. The van der Waals surface area contributed by atoms with Gasteiger partial charge in [0.25, 0.3) is 0 Å². The molecule has 2 N–H and O–H groups in total. The summed E-state index contributed by atoms with van der Waals surface area (Å²) in [7, 11) is 5.85. The van der Waals surface area contributed by atoms with E-state index in [1.165, 1.54) is 6.33 Å². The topological polar surface area (TPSA) is 73.5 Å². The fourth-order valence-electron chi connectivity index (χ4n) is 3.06. The molecule has 2 unspecified atom stereocenters. The van der Waals surface area contributed by atoms with Crippen molar-refractivity contribution in [3.8, 4) is 11.5 Å². The van der Waals surface area contributed by atoms with Crippen LogP contribution in [0, 0.1) is 0 Å². The van der Waals surface area contributed by atoms with Crippen LogP contribution in [0.3, 0.4) is 0 Å². The Hall–Kier alpha value is -2.08. The highest BCUT2D eigenvalue weighted by atomic mass is 16.5. The highest BCUT2D eigenvalue weighted by Crippen LogP contribution is 2.39. The van der Waals surface area contributed by atoms with Crippen LogP contribution in [0.4, 0.5) is 5.82 Å². The Morgan fingerprint density at radius 1 is 1.23 bits per heavy atom. The molecule has 1 aliphatic carbocycles. The van der Waals surface area contributed by atoms with Crippen molar-refractivity contribution in [2.24, 2.45) is 0 Å². The van der Waals surface area contributed by atoms with E-state index in [0.29, 0.717) is 23.4 Å². The van der Waals surface area contributed by atoms with Crippen LogP contribution in [-0.4, -0.2) is 48.2 Å². The van der Waals surface area contributed by atoms with Crippen LogP contribution in [0.1, 0.15) is 19.3 Å². The van der Waals surface area contributed by atoms with Crippen LogP contribution in [-0.2, 0) is 0 Å². The van der Waals surface area contributed by atoms with Crippen molar-refractivity contribution in [3.63, 3.8) is 0 Å². The first-order chi connectivity index (χ1) is 10.6. The number of anilines is 1.